The third-order valence-corrected chi connectivity index (χ3v) is 5.45. The van der Waals surface area contributed by atoms with Gasteiger partial charge in [-0.2, -0.15) is 13.2 Å². The van der Waals surface area contributed by atoms with Crippen molar-refractivity contribution >= 4 is 5.69 Å². The molecule has 5 heteroatoms. The van der Waals surface area contributed by atoms with Gasteiger partial charge in [0.25, 0.3) is 0 Å². The van der Waals surface area contributed by atoms with E-state index in [4.69, 9.17) is 10.5 Å². The van der Waals surface area contributed by atoms with Crippen molar-refractivity contribution in [2.45, 2.75) is 111 Å². The molecule has 0 saturated carbocycles. The number of anilines is 1. The lowest BCUT2D eigenvalue weighted by Crippen LogP contribution is -2.37. The SMILES string of the molecule is CCCCCCCCCC(OC(C)(C)c1cc(N)cc(C(F)(F)F)c1)C(C)(C)C. The molecule has 0 spiro atoms. The molecule has 0 saturated heterocycles. The fourth-order valence-electron chi connectivity index (χ4n) is 3.54. The quantitative estimate of drug-likeness (QED) is 0.293. The predicted molar refractivity (Wildman–Crippen MR) is 116 cm³/mol. The molecule has 0 aliphatic carbocycles. The number of benzene rings is 1. The summed E-state index contributed by atoms with van der Waals surface area (Å²) in [5, 5.41) is 0. The minimum atomic E-state index is -4.43. The number of rotatable bonds is 11. The molecule has 0 aromatic heterocycles. The minimum Gasteiger partial charge on any atom is -0.399 e. The van der Waals surface area contributed by atoms with Gasteiger partial charge in [0.15, 0.2) is 0 Å². The van der Waals surface area contributed by atoms with Gasteiger partial charge in [-0.25, -0.2) is 0 Å². The number of alkyl halides is 3. The third-order valence-electron chi connectivity index (χ3n) is 5.45. The van der Waals surface area contributed by atoms with Crippen LogP contribution < -0.4 is 5.73 Å². The Kier molecular flexibility index (Phi) is 9.52. The first-order chi connectivity index (χ1) is 13.3. The zero-order valence-corrected chi connectivity index (χ0v) is 19.1. The Labute approximate surface area is 175 Å². The van der Waals surface area contributed by atoms with E-state index in [1.165, 1.54) is 32.1 Å². The molecule has 0 aliphatic heterocycles. The first-order valence-electron chi connectivity index (χ1n) is 10.9. The average molecular weight is 416 g/mol. The van der Waals surface area contributed by atoms with E-state index in [2.05, 4.69) is 27.7 Å². The molecular formula is C24H40F3NO. The summed E-state index contributed by atoms with van der Waals surface area (Å²) in [7, 11) is 0. The molecule has 1 aromatic carbocycles. The Morgan fingerprint density at radius 2 is 1.34 bits per heavy atom. The van der Waals surface area contributed by atoms with Crippen LogP contribution in [0.25, 0.3) is 0 Å². The topological polar surface area (TPSA) is 35.2 Å². The van der Waals surface area contributed by atoms with Gasteiger partial charge in [0.05, 0.1) is 17.3 Å². The predicted octanol–water partition coefficient (Wildman–Crippen LogP) is 8.09. The van der Waals surface area contributed by atoms with Crippen LogP contribution >= 0.6 is 0 Å². The third kappa shape index (κ3) is 8.98. The van der Waals surface area contributed by atoms with Crippen molar-refractivity contribution in [3.8, 4) is 0 Å². The van der Waals surface area contributed by atoms with Gasteiger partial charge < -0.3 is 10.5 Å². The standard InChI is InChI=1S/C24H40F3NO/c1-7-8-9-10-11-12-13-14-21(22(2,3)4)29-23(5,6)18-15-19(24(25,26)27)17-20(28)16-18/h15-17,21H,7-14,28H2,1-6H3. The highest BCUT2D eigenvalue weighted by atomic mass is 19.4. The van der Waals surface area contributed by atoms with Crippen molar-refractivity contribution in [1.29, 1.82) is 0 Å². The highest BCUT2D eigenvalue weighted by Crippen LogP contribution is 2.38. The molecule has 0 heterocycles. The summed E-state index contributed by atoms with van der Waals surface area (Å²) in [6, 6.07) is 3.71. The molecule has 29 heavy (non-hydrogen) atoms. The molecule has 0 amide bonds. The maximum absolute atomic E-state index is 13.2. The number of hydrogen-bond acceptors (Lipinski definition) is 2. The van der Waals surface area contributed by atoms with Crippen molar-refractivity contribution in [2.75, 3.05) is 5.73 Å². The summed E-state index contributed by atoms with van der Waals surface area (Å²) in [6.07, 6.45) is 4.97. The largest absolute Gasteiger partial charge is 0.416 e. The number of ether oxygens (including phenoxy) is 1. The molecule has 1 atom stereocenters. The Bertz CT molecular complexity index is 618. The number of nitrogens with two attached hydrogens (primary N) is 1. The zero-order valence-electron chi connectivity index (χ0n) is 19.1. The van der Waals surface area contributed by atoms with Crippen LogP contribution in [0.1, 0.15) is 104 Å². The summed E-state index contributed by atoms with van der Waals surface area (Å²) in [5.41, 5.74) is 4.62. The molecule has 1 aromatic rings. The Morgan fingerprint density at radius 3 is 1.86 bits per heavy atom. The lowest BCUT2D eigenvalue weighted by molar-refractivity contribution is -0.138. The number of nitrogen functional groups attached to an aromatic ring is 1. The van der Waals surface area contributed by atoms with Gasteiger partial charge >= 0.3 is 6.18 Å². The van der Waals surface area contributed by atoms with E-state index < -0.39 is 17.3 Å². The Morgan fingerprint density at radius 1 is 0.828 bits per heavy atom. The first kappa shape index (κ1) is 25.8. The van der Waals surface area contributed by atoms with E-state index in [0.29, 0.717) is 5.56 Å². The molecule has 2 nitrogen and oxygen atoms in total. The van der Waals surface area contributed by atoms with E-state index in [9.17, 15) is 13.2 Å². The van der Waals surface area contributed by atoms with Gasteiger partial charge in [-0.05, 0) is 49.4 Å². The van der Waals surface area contributed by atoms with Crippen LogP contribution in [0, 0.1) is 5.41 Å². The van der Waals surface area contributed by atoms with Crippen LogP contribution in [0.4, 0.5) is 18.9 Å². The lowest BCUT2D eigenvalue weighted by atomic mass is 9.84. The lowest BCUT2D eigenvalue weighted by Gasteiger charge is -2.38. The van der Waals surface area contributed by atoms with Crippen molar-refractivity contribution < 1.29 is 17.9 Å². The smallest absolute Gasteiger partial charge is 0.399 e. The second kappa shape index (κ2) is 10.7. The van der Waals surface area contributed by atoms with Crippen LogP contribution in [0.15, 0.2) is 18.2 Å². The van der Waals surface area contributed by atoms with Crippen LogP contribution in [0.5, 0.6) is 0 Å². The minimum absolute atomic E-state index is 0.0519. The van der Waals surface area contributed by atoms with E-state index in [1.54, 1.807) is 6.07 Å². The fraction of sp³-hybridized carbons (Fsp3) is 0.750. The van der Waals surface area contributed by atoms with Gasteiger partial charge in [0.2, 0.25) is 0 Å². The van der Waals surface area contributed by atoms with Crippen LogP contribution in [0.3, 0.4) is 0 Å². The molecule has 0 aliphatic rings. The summed E-state index contributed by atoms with van der Waals surface area (Å²) in [5.74, 6) is 0. The maximum Gasteiger partial charge on any atom is 0.416 e. The molecular weight excluding hydrogens is 375 g/mol. The van der Waals surface area contributed by atoms with Gasteiger partial charge in [-0.3, -0.25) is 0 Å². The molecule has 168 valence electrons. The van der Waals surface area contributed by atoms with E-state index in [0.717, 1.165) is 31.4 Å². The molecule has 1 unspecified atom stereocenters. The van der Waals surface area contributed by atoms with Gasteiger partial charge in [0, 0.05) is 5.69 Å². The maximum atomic E-state index is 13.2. The molecule has 0 bridgehead atoms. The zero-order chi connectivity index (χ0) is 22.3. The van der Waals surface area contributed by atoms with Crippen LogP contribution in [0.2, 0.25) is 0 Å². The summed E-state index contributed by atoms with van der Waals surface area (Å²) >= 11 is 0. The van der Waals surface area contributed by atoms with Crippen molar-refractivity contribution in [3.05, 3.63) is 29.3 Å². The number of hydrogen-bond donors (Lipinski definition) is 1. The van der Waals surface area contributed by atoms with E-state index >= 15 is 0 Å². The van der Waals surface area contributed by atoms with E-state index in [-0.39, 0.29) is 17.2 Å². The second-order valence-electron chi connectivity index (χ2n) is 9.73. The molecule has 2 N–H and O–H groups in total. The Balaban J connectivity index is 2.84. The highest BCUT2D eigenvalue weighted by molar-refractivity contribution is 5.47. The average Bonchev–Trinajstić information content (AvgIpc) is 2.57. The monoisotopic (exact) mass is 415 g/mol. The first-order valence-corrected chi connectivity index (χ1v) is 10.9. The highest BCUT2D eigenvalue weighted by Gasteiger charge is 2.36. The number of halogens is 3. The summed E-state index contributed by atoms with van der Waals surface area (Å²) < 4.78 is 46.1. The Hall–Kier alpha value is -1.23. The van der Waals surface area contributed by atoms with Crippen LogP contribution in [-0.4, -0.2) is 6.10 Å². The van der Waals surface area contributed by atoms with Crippen molar-refractivity contribution in [3.63, 3.8) is 0 Å². The number of unbranched alkanes of at least 4 members (excludes halogenated alkanes) is 6. The van der Waals surface area contributed by atoms with Crippen molar-refractivity contribution in [2.24, 2.45) is 5.41 Å². The van der Waals surface area contributed by atoms with Gasteiger partial charge in [0.1, 0.15) is 0 Å². The van der Waals surface area contributed by atoms with Gasteiger partial charge in [-0.15, -0.1) is 0 Å². The molecule has 0 radical (unpaired) electrons. The van der Waals surface area contributed by atoms with Gasteiger partial charge in [-0.1, -0.05) is 72.6 Å². The summed E-state index contributed by atoms with van der Waals surface area (Å²) in [6.45, 7) is 12.2. The molecule has 1 rings (SSSR count). The molecule has 0 fully saturated rings. The summed E-state index contributed by atoms with van der Waals surface area (Å²) in [4.78, 5) is 0. The van der Waals surface area contributed by atoms with Crippen LogP contribution in [-0.2, 0) is 16.5 Å². The van der Waals surface area contributed by atoms with Crippen molar-refractivity contribution in [1.82, 2.24) is 0 Å². The fourth-order valence-corrected chi connectivity index (χ4v) is 3.54. The second-order valence-corrected chi connectivity index (χ2v) is 9.73. The van der Waals surface area contributed by atoms with E-state index in [1.807, 2.05) is 13.8 Å². The normalized spacial score (nSPS) is 14.2.